The number of nitrogens with zero attached hydrogens (tertiary/aromatic N) is 1. The summed E-state index contributed by atoms with van der Waals surface area (Å²) >= 11 is 5.16. The number of amides is 1. The van der Waals surface area contributed by atoms with Gasteiger partial charge in [-0.25, -0.2) is 0 Å². The number of anilines is 1. The number of nitrogens with one attached hydrogen (secondary N) is 1. The third-order valence-electron chi connectivity index (χ3n) is 2.42. The Morgan fingerprint density at radius 2 is 2.07 bits per heavy atom. The monoisotopic (exact) mass is 220 g/mol. The van der Waals surface area contributed by atoms with Crippen LogP contribution in [0.25, 0.3) is 0 Å². The molecule has 0 saturated carbocycles. The Morgan fingerprint density at radius 1 is 1.40 bits per heavy atom. The Balaban J connectivity index is 2.29. The zero-order chi connectivity index (χ0) is 10.8. The van der Waals surface area contributed by atoms with E-state index in [9.17, 15) is 4.79 Å². The van der Waals surface area contributed by atoms with Gasteiger partial charge in [0.2, 0.25) is 5.91 Å². The molecule has 1 N–H and O–H groups in total. The van der Waals surface area contributed by atoms with E-state index in [1.807, 2.05) is 42.2 Å². The molecule has 1 aromatic carbocycles. The van der Waals surface area contributed by atoms with Crippen molar-refractivity contribution in [3.05, 3.63) is 30.3 Å². The molecule has 78 valence electrons. The molecule has 1 atom stereocenters. The molecule has 0 aromatic heterocycles. The van der Waals surface area contributed by atoms with Crippen LogP contribution in [0.1, 0.15) is 13.3 Å². The second kappa shape index (κ2) is 3.98. The number of rotatable bonds is 1. The molecule has 1 aliphatic rings. The van der Waals surface area contributed by atoms with Crippen molar-refractivity contribution in [2.75, 3.05) is 4.90 Å². The van der Waals surface area contributed by atoms with Crippen LogP contribution in [0.3, 0.4) is 0 Å². The summed E-state index contributed by atoms with van der Waals surface area (Å²) in [6.45, 7) is 2.00. The molecule has 0 radical (unpaired) electrons. The van der Waals surface area contributed by atoms with E-state index >= 15 is 0 Å². The summed E-state index contributed by atoms with van der Waals surface area (Å²) in [5.74, 6) is -0.000295. The first kappa shape index (κ1) is 10.1. The summed E-state index contributed by atoms with van der Waals surface area (Å²) in [4.78, 5) is 13.2. The van der Waals surface area contributed by atoms with E-state index in [2.05, 4.69) is 5.32 Å². The van der Waals surface area contributed by atoms with Crippen molar-refractivity contribution in [2.45, 2.75) is 19.4 Å². The molecule has 1 fully saturated rings. The zero-order valence-corrected chi connectivity index (χ0v) is 9.25. The van der Waals surface area contributed by atoms with Crippen molar-refractivity contribution >= 4 is 28.9 Å². The summed E-state index contributed by atoms with van der Waals surface area (Å²) in [6, 6.07) is 9.97. The minimum Gasteiger partial charge on any atom is -0.315 e. The average molecular weight is 220 g/mol. The molecule has 1 aliphatic heterocycles. The number of thiocarbonyl (C=S) groups is 1. The lowest BCUT2D eigenvalue weighted by Gasteiger charge is -2.35. The molecule has 0 bridgehead atoms. The minimum absolute atomic E-state index is 0.000295. The molecule has 0 spiro atoms. The van der Waals surface area contributed by atoms with E-state index in [0.29, 0.717) is 11.5 Å². The Labute approximate surface area is 94.1 Å². The van der Waals surface area contributed by atoms with Crippen molar-refractivity contribution < 1.29 is 4.79 Å². The number of para-hydroxylation sites is 1. The smallest absolute Gasteiger partial charge is 0.228 e. The molecule has 1 saturated heterocycles. The van der Waals surface area contributed by atoms with Gasteiger partial charge in [-0.05, 0) is 31.3 Å². The fourth-order valence-electron chi connectivity index (χ4n) is 1.75. The first-order chi connectivity index (χ1) is 7.18. The van der Waals surface area contributed by atoms with Crippen molar-refractivity contribution in [3.63, 3.8) is 0 Å². The predicted octanol–water partition coefficient (Wildman–Crippen LogP) is 1.69. The second-order valence-electron chi connectivity index (χ2n) is 3.61. The lowest BCUT2D eigenvalue weighted by atomic mass is 10.1. The first-order valence-corrected chi connectivity index (χ1v) is 5.27. The van der Waals surface area contributed by atoms with E-state index in [-0.39, 0.29) is 11.9 Å². The Morgan fingerprint density at radius 3 is 2.67 bits per heavy atom. The standard InChI is InChI=1S/C11H12N2OS/c1-8-7-10(14)12-11(15)13(8)9-5-3-2-4-6-9/h2-6,8H,7H2,1H3,(H,12,14,15). The van der Waals surface area contributed by atoms with Crippen LogP contribution in [0.2, 0.25) is 0 Å². The predicted molar refractivity (Wildman–Crippen MR) is 63.7 cm³/mol. The van der Waals surface area contributed by atoms with Crippen molar-refractivity contribution in [3.8, 4) is 0 Å². The molecule has 0 aliphatic carbocycles. The highest BCUT2D eigenvalue weighted by molar-refractivity contribution is 7.80. The van der Waals surface area contributed by atoms with Crippen LogP contribution in [-0.4, -0.2) is 17.1 Å². The molecule has 1 aromatic rings. The summed E-state index contributed by atoms with van der Waals surface area (Å²) < 4.78 is 0. The third-order valence-corrected chi connectivity index (χ3v) is 2.72. The number of carbonyl (C=O) groups is 1. The molecule has 1 amide bonds. The van der Waals surface area contributed by atoms with Gasteiger partial charge in [0.05, 0.1) is 0 Å². The molecule has 2 rings (SSSR count). The average Bonchev–Trinajstić information content (AvgIpc) is 2.17. The fourth-order valence-corrected chi connectivity index (χ4v) is 2.15. The topological polar surface area (TPSA) is 32.3 Å². The van der Waals surface area contributed by atoms with Crippen LogP contribution in [0.15, 0.2) is 30.3 Å². The number of hydrogen-bond acceptors (Lipinski definition) is 2. The van der Waals surface area contributed by atoms with Crippen LogP contribution in [0, 0.1) is 0 Å². The number of carbonyl (C=O) groups excluding carboxylic acids is 1. The van der Waals surface area contributed by atoms with Gasteiger partial charge in [0.15, 0.2) is 5.11 Å². The summed E-state index contributed by atoms with van der Waals surface area (Å²) in [5, 5.41) is 3.17. The van der Waals surface area contributed by atoms with Crippen LogP contribution >= 0.6 is 12.2 Å². The van der Waals surface area contributed by atoms with E-state index in [1.165, 1.54) is 0 Å². The van der Waals surface area contributed by atoms with Crippen LogP contribution in [-0.2, 0) is 4.79 Å². The lowest BCUT2D eigenvalue weighted by Crippen LogP contribution is -2.54. The number of hydrogen-bond donors (Lipinski definition) is 1. The van der Waals surface area contributed by atoms with Crippen molar-refractivity contribution in [1.82, 2.24) is 5.32 Å². The highest BCUT2D eigenvalue weighted by Crippen LogP contribution is 2.20. The molecule has 3 nitrogen and oxygen atoms in total. The van der Waals surface area contributed by atoms with Gasteiger partial charge in [0.1, 0.15) is 0 Å². The van der Waals surface area contributed by atoms with E-state index in [4.69, 9.17) is 12.2 Å². The molecule has 4 heteroatoms. The SMILES string of the molecule is CC1CC(=O)NC(=S)N1c1ccccc1. The maximum atomic E-state index is 11.2. The Bertz CT molecular complexity index is 391. The van der Waals surface area contributed by atoms with E-state index in [1.54, 1.807) is 0 Å². The van der Waals surface area contributed by atoms with Gasteiger partial charge in [-0.15, -0.1) is 0 Å². The normalized spacial score (nSPS) is 21.4. The molecule has 1 heterocycles. The molecular formula is C11H12N2OS. The van der Waals surface area contributed by atoms with E-state index < -0.39 is 0 Å². The fraction of sp³-hybridized carbons (Fsp3) is 0.273. The van der Waals surface area contributed by atoms with E-state index in [0.717, 1.165) is 5.69 Å². The summed E-state index contributed by atoms with van der Waals surface area (Å²) in [6.07, 6.45) is 0.481. The molecule has 15 heavy (non-hydrogen) atoms. The van der Waals surface area contributed by atoms with Crippen LogP contribution in [0.5, 0.6) is 0 Å². The summed E-state index contributed by atoms with van der Waals surface area (Å²) in [5.41, 5.74) is 1.02. The van der Waals surface area contributed by atoms with Gasteiger partial charge in [0.25, 0.3) is 0 Å². The Hall–Kier alpha value is -1.42. The van der Waals surface area contributed by atoms with Gasteiger partial charge < -0.3 is 10.2 Å². The quantitative estimate of drug-likeness (QED) is 0.731. The molecule has 1 unspecified atom stereocenters. The van der Waals surface area contributed by atoms with Gasteiger partial charge >= 0.3 is 0 Å². The molecular weight excluding hydrogens is 208 g/mol. The van der Waals surface area contributed by atoms with Gasteiger partial charge in [-0.3, -0.25) is 4.79 Å². The largest absolute Gasteiger partial charge is 0.315 e. The first-order valence-electron chi connectivity index (χ1n) is 4.86. The second-order valence-corrected chi connectivity index (χ2v) is 4.00. The maximum Gasteiger partial charge on any atom is 0.228 e. The van der Waals surface area contributed by atoms with Crippen LogP contribution in [0.4, 0.5) is 5.69 Å². The summed E-state index contributed by atoms with van der Waals surface area (Å²) in [7, 11) is 0. The highest BCUT2D eigenvalue weighted by Gasteiger charge is 2.27. The highest BCUT2D eigenvalue weighted by atomic mass is 32.1. The van der Waals surface area contributed by atoms with Gasteiger partial charge in [-0.1, -0.05) is 18.2 Å². The maximum absolute atomic E-state index is 11.2. The van der Waals surface area contributed by atoms with Crippen molar-refractivity contribution in [2.24, 2.45) is 0 Å². The Kier molecular flexibility index (Phi) is 2.68. The van der Waals surface area contributed by atoms with Crippen molar-refractivity contribution in [1.29, 1.82) is 0 Å². The zero-order valence-electron chi connectivity index (χ0n) is 8.43. The van der Waals surface area contributed by atoms with Gasteiger partial charge in [-0.2, -0.15) is 0 Å². The number of benzene rings is 1. The lowest BCUT2D eigenvalue weighted by molar-refractivity contribution is -0.120. The van der Waals surface area contributed by atoms with Crippen LogP contribution < -0.4 is 10.2 Å². The minimum atomic E-state index is -0.000295. The third kappa shape index (κ3) is 1.99. The van der Waals surface area contributed by atoms with Gasteiger partial charge in [0, 0.05) is 18.2 Å².